The number of carboxylic acid groups (broad SMARTS) is 1. The third-order valence-corrected chi connectivity index (χ3v) is 7.40. The van der Waals surface area contributed by atoms with Crippen LogP contribution in [0, 0.1) is 20.8 Å². The molecule has 0 radical (unpaired) electrons. The van der Waals surface area contributed by atoms with Gasteiger partial charge in [-0.1, -0.05) is 17.7 Å². The number of aliphatic imine (C=N–C) groups is 1. The number of amides is 1. The van der Waals surface area contributed by atoms with Crippen molar-refractivity contribution in [1.82, 2.24) is 30.5 Å². The second-order valence-corrected chi connectivity index (χ2v) is 10.5. The van der Waals surface area contributed by atoms with Gasteiger partial charge in [-0.25, -0.2) is 12.8 Å². The molecule has 2 atom stereocenters. The summed E-state index contributed by atoms with van der Waals surface area (Å²) in [6, 6.07) is 1.84. The molecule has 1 aliphatic heterocycles. The molecule has 0 saturated heterocycles. The molecule has 0 spiro atoms. The number of nitrogens with zero attached hydrogens (tertiary/aromatic N) is 3. The molecule has 2 unspecified atom stereocenters. The highest BCUT2D eigenvalue weighted by atomic mass is 32.2. The van der Waals surface area contributed by atoms with Gasteiger partial charge in [-0.05, 0) is 38.3 Å². The summed E-state index contributed by atoms with van der Waals surface area (Å²) < 4.78 is 42.6. The van der Waals surface area contributed by atoms with E-state index in [9.17, 15) is 27.5 Å². The Morgan fingerprint density at radius 2 is 1.97 bits per heavy atom. The fraction of sp³-hybridized carbons (Fsp3) is 0.478. The lowest BCUT2D eigenvalue weighted by atomic mass is 10.1. The van der Waals surface area contributed by atoms with Gasteiger partial charge in [0.1, 0.15) is 12.2 Å². The minimum Gasteiger partial charge on any atom is -0.480 e. The standard InChI is InChI=1S/C23H32FN7O5S/c1-14-7-15(2)20(16(3)8-14)37(35,36)30-19(22(33)34)12-26-21(32)17-9-29-31(13-17)6-4-5-25-23-27-10-18(24)11-28-23/h7-9,13,18-19,30H,4-6,10-12H2,1-3H3,(H,26,32)(H,33,34)(H2,25,27,28). The van der Waals surface area contributed by atoms with Gasteiger partial charge in [-0.2, -0.15) is 9.82 Å². The van der Waals surface area contributed by atoms with Crippen molar-refractivity contribution < 1.29 is 27.5 Å². The second-order valence-electron chi connectivity index (χ2n) is 8.89. The van der Waals surface area contributed by atoms with E-state index in [1.807, 2.05) is 6.92 Å². The van der Waals surface area contributed by atoms with Crippen molar-refractivity contribution in [2.75, 3.05) is 26.2 Å². The molecule has 14 heteroatoms. The second kappa shape index (κ2) is 12.1. The molecule has 0 aliphatic carbocycles. The molecule has 0 fully saturated rings. The monoisotopic (exact) mass is 537 g/mol. The summed E-state index contributed by atoms with van der Waals surface area (Å²) in [5, 5.41) is 22.0. The van der Waals surface area contributed by atoms with Crippen LogP contribution in [0.5, 0.6) is 0 Å². The number of aryl methyl sites for hydroxylation is 4. The quantitative estimate of drug-likeness (QED) is 0.254. The normalized spacial score (nSPS) is 16.4. The molecule has 37 heavy (non-hydrogen) atoms. The first-order chi connectivity index (χ1) is 17.5. The Morgan fingerprint density at radius 3 is 2.59 bits per heavy atom. The van der Waals surface area contributed by atoms with Crippen molar-refractivity contribution in [2.45, 2.75) is 50.8 Å². The van der Waals surface area contributed by atoms with Crippen LogP contribution in [0.2, 0.25) is 0 Å². The molecule has 12 nitrogen and oxygen atoms in total. The van der Waals surface area contributed by atoms with Gasteiger partial charge >= 0.3 is 5.97 Å². The summed E-state index contributed by atoms with van der Waals surface area (Å²) >= 11 is 0. The Balaban J connectivity index is 1.52. The van der Waals surface area contributed by atoms with Crippen molar-refractivity contribution in [3.05, 3.63) is 46.8 Å². The van der Waals surface area contributed by atoms with E-state index in [-0.39, 0.29) is 23.5 Å². The van der Waals surface area contributed by atoms with Crippen LogP contribution in [0.15, 0.2) is 34.4 Å². The third-order valence-electron chi connectivity index (χ3n) is 5.63. The molecule has 2 aromatic rings. The van der Waals surface area contributed by atoms with Gasteiger partial charge in [0.25, 0.3) is 5.91 Å². The zero-order chi connectivity index (χ0) is 27.2. The molecule has 202 valence electrons. The minimum absolute atomic E-state index is 0.0180. The lowest BCUT2D eigenvalue weighted by Gasteiger charge is -2.18. The predicted octanol–water partition coefficient (Wildman–Crippen LogP) is 0.247. The largest absolute Gasteiger partial charge is 0.480 e. The van der Waals surface area contributed by atoms with Crippen molar-refractivity contribution >= 4 is 27.9 Å². The average molecular weight is 538 g/mol. The summed E-state index contributed by atoms with van der Waals surface area (Å²) in [4.78, 5) is 28.3. The number of aromatic nitrogens is 2. The van der Waals surface area contributed by atoms with Crippen LogP contribution in [-0.4, -0.2) is 79.5 Å². The first kappa shape index (κ1) is 28.1. The molecule has 1 amide bonds. The average Bonchev–Trinajstić information content (AvgIpc) is 3.28. The SMILES string of the molecule is Cc1cc(C)c(S(=O)(=O)NC(CNC(=O)c2cnn(CCCNC3=NCC(F)CN3)c2)C(=O)O)c(C)c1. The Hall–Kier alpha value is -3.52. The molecule has 5 N–H and O–H groups in total. The topological polar surface area (TPSA) is 167 Å². The van der Waals surface area contributed by atoms with E-state index in [0.717, 1.165) is 5.56 Å². The maximum absolute atomic E-state index is 13.1. The summed E-state index contributed by atoms with van der Waals surface area (Å²) in [6.45, 7) is 6.06. The number of hydrogen-bond acceptors (Lipinski definition) is 8. The number of carbonyl (C=O) groups excluding carboxylic acids is 1. The molecule has 1 aromatic heterocycles. The van der Waals surface area contributed by atoms with Crippen LogP contribution in [0.4, 0.5) is 4.39 Å². The Labute approximate surface area is 214 Å². The van der Waals surface area contributed by atoms with Gasteiger partial charge in [-0.3, -0.25) is 19.3 Å². The van der Waals surface area contributed by atoms with Crippen molar-refractivity contribution in [2.24, 2.45) is 4.99 Å². The van der Waals surface area contributed by atoms with Crippen LogP contribution in [0.1, 0.15) is 33.5 Å². The molecular weight excluding hydrogens is 505 g/mol. The fourth-order valence-electron chi connectivity index (χ4n) is 4.00. The zero-order valence-corrected chi connectivity index (χ0v) is 21.7. The van der Waals surface area contributed by atoms with Gasteiger partial charge in [-0.15, -0.1) is 0 Å². The van der Waals surface area contributed by atoms with Gasteiger partial charge in [0.2, 0.25) is 10.0 Å². The molecular formula is C23H32FN7O5S. The number of hydrogen-bond donors (Lipinski definition) is 5. The number of aliphatic carboxylic acids is 1. The first-order valence-electron chi connectivity index (χ1n) is 11.8. The zero-order valence-electron chi connectivity index (χ0n) is 20.9. The van der Waals surface area contributed by atoms with Crippen LogP contribution in [0.3, 0.4) is 0 Å². The molecule has 1 aromatic carbocycles. The predicted molar refractivity (Wildman–Crippen MR) is 135 cm³/mol. The van der Waals surface area contributed by atoms with Crippen LogP contribution < -0.4 is 20.7 Å². The van der Waals surface area contributed by atoms with Gasteiger partial charge in [0.15, 0.2) is 5.96 Å². The summed E-state index contributed by atoms with van der Waals surface area (Å²) in [5.74, 6) is -1.46. The Morgan fingerprint density at radius 1 is 1.27 bits per heavy atom. The highest BCUT2D eigenvalue weighted by Crippen LogP contribution is 2.21. The van der Waals surface area contributed by atoms with Gasteiger partial charge in [0, 0.05) is 25.8 Å². The number of carboxylic acids is 1. The Bertz CT molecular complexity index is 1260. The van der Waals surface area contributed by atoms with Crippen LogP contribution in [0.25, 0.3) is 0 Å². The van der Waals surface area contributed by atoms with E-state index in [1.165, 1.54) is 12.4 Å². The number of carbonyl (C=O) groups is 2. The minimum atomic E-state index is -4.15. The third kappa shape index (κ3) is 7.73. The molecule has 0 bridgehead atoms. The lowest BCUT2D eigenvalue weighted by molar-refractivity contribution is -0.138. The van der Waals surface area contributed by atoms with Gasteiger partial charge in [0.05, 0.1) is 29.7 Å². The van der Waals surface area contributed by atoms with E-state index < -0.39 is 40.7 Å². The van der Waals surface area contributed by atoms with E-state index in [0.29, 0.717) is 36.6 Å². The Kier molecular flexibility index (Phi) is 9.21. The number of alkyl halides is 1. The number of benzene rings is 1. The number of halogens is 1. The van der Waals surface area contributed by atoms with E-state index in [1.54, 1.807) is 30.7 Å². The molecule has 1 aliphatic rings. The first-order valence-corrected chi connectivity index (χ1v) is 13.2. The van der Waals surface area contributed by atoms with Gasteiger partial charge < -0.3 is 21.1 Å². The van der Waals surface area contributed by atoms with Crippen LogP contribution >= 0.6 is 0 Å². The highest BCUT2D eigenvalue weighted by Gasteiger charge is 2.28. The maximum Gasteiger partial charge on any atom is 0.323 e. The smallest absolute Gasteiger partial charge is 0.323 e. The lowest BCUT2D eigenvalue weighted by Crippen LogP contribution is -2.48. The number of nitrogens with one attached hydrogen (secondary N) is 4. The summed E-state index contributed by atoms with van der Waals surface area (Å²) in [7, 11) is -4.15. The molecule has 2 heterocycles. The van der Waals surface area contributed by atoms with E-state index >= 15 is 0 Å². The maximum atomic E-state index is 13.1. The number of rotatable bonds is 11. The summed E-state index contributed by atoms with van der Waals surface area (Å²) in [6.07, 6.45) is 2.53. The van der Waals surface area contributed by atoms with Crippen molar-refractivity contribution in [1.29, 1.82) is 0 Å². The molecule has 0 saturated carbocycles. The van der Waals surface area contributed by atoms with Crippen LogP contribution in [-0.2, 0) is 21.4 Å². The van der Waals surface area contributed by atoms with E-state index in [4.69, 9.17) is 0 Å². The number of sulfonamides is 1. The van der Waals surface area contributed by atoms with Crippen molar-refractivity contribution in [3.63, 3.8) is 0 Å². The number of guanidine groups is 1. The van der Waals surface area contributed by atoms with E-state index in [2.05, 4.69) is 30.8 Å². The summed E-state index contributed by atoms with van der Waals surface area (Å²) in [5.41, 5.74) is 2.09. The highest BCUT2D eigenvalue weighted by molar-refractivity contribution is 7.89. The molecule has 3 rings (SSSR count). The fourth-order valence-corrected chi connectivity index (χ4v) is 5.64. The van der Waals surface area contributed by atoms with Crippen molar-refractivity contribution in [3.8, 4) is 0 Å².